The first-order valence-electron chi connectivity index (χ1n) is 11.3. The molecule has 0 aliphatic rings. The summed E-state index contributed by atoms with van der Waals surface area (Å²) < 4.78 is 16.3. The molecular weight excluding hydrogens is 416 g/mol. The Bertz CT molecular complexity index is 1060. The van der Waals surface area contributed by atoms with Gasteiger partial charge in [-0.1, -0.05) is 32.1 Å². The number of hydrogen-bond donors (Lipinski definition) is 1. The van der Waals surface area contributed by atoms with Crippen LogP contribution in [0, 0.1) is 0 Å². The molecule has 0 atom stereocenters. The van der Waals surface area contributed by atoms with E-state index in [-0.39, 0.29) is 0 Å². The van der Waals surface area contributed by atoms with E-state index in [4.69, 9.17) is 24.2 Å². The van der Waals surface area contributed by atoms with E-state index < -0.39 is 0 Å². The van der Waals surface area contributed by atoms with E-state index in [9.17, 15) is 0 Å². The second-order valence-corrected chi connectivity index (χ2v) is 7.55. The predicted molar refractivity (Wildman–Crippen MR) is 135 cm³/mol. The summed E-state index contributed by atoms with van der Waals surface area (Å²) in [6, 6.07) is 11.9. The van der Waals surface area contributed by atoms with Crippen molar-refractivity contribution < 1.29 is 14.2 Å². The lowest BCUT2D eigenvalue weighted by molar-refractivity contribution is 0.303. The molecule has 176 valence electrons. The number of rotatable bonds is 12. The van der Waals surface area contributed by atoms with Crippen molar-refractivity contribution in [3.05, 3.63) is 47.8 Å². The molecule has 0 amide bonds. The zero-order valence-corrected chi connectivity index (χ0v) is 20.2. The summed E-state index contributed by atoms with van der Waals surface area (Å²) in [5, 5.41) is 4.53. The maximum absolute atomic E-state index is 5.45. The summed E-state index contributed by atoms with van der Waals surface area (Å²) in [6.07, 6.45) is 4.89. The first-order valence-corrected chi connectivity index (χ1v) is 11.3. The first kappa shape index (κ1) is 24.3. The number of methoxy groups -OCH3 is 3. The van der Waals surface area contributed by atoms with E-state index in [1.165, 1.54) is 0 Å². The highest BCUT2D eigenvalue weighted by atomic mass is 16.5. The van der Waals surface area contributed by atoms with Crippen molar-refractivity contribution in [2.45, 2.75) is 20.3 Å². The highest BCUT2D eigenvalue weighted by Gasteiger charge is 2.12. The zero-order chi connectivity index (χ0) is 23.6. The van der Waals surface area contributed by atoms with Crippen molar-refractivity contribution in [2.24, 2.45) is 0 Å². The molecule has 33 heavy (non-hydrogen) atoms. The Kier molecular flexibility index (Phi) is 8.89. The highest BCUT2D eigenvalue weighted by Crippen LogP contribution is 2.38. The van der Waals surface area contributed by atoms with Gasteiger partial charge in [-0.15, -0.1) is 0 Å². The highest BCUT2D eigenvalue weighted by molar-refractivity contribution is 5.90. The summed E-state index contributed by atoms with van der Waals surface area (Å²) >= 11 is 0. The molecule has 0 bridgehead atoms. The van der Waals surface area contributed by atoms with E-state index in [0.29, 0.717) is 23.1 Å². The normalized spacial score (nSPS) is 11.3. The van der Waals surface area contributed by atoms with Crippen molar-refractivity contribution in [1.82, 2.24) is 14.9 Å². The molecular formula is C26H34N4O3. The average Bonchev–Trinajstić information content (AvgIpc) is 2.86. The minimum atomic E-state index is 0.565. The molecule has 0 aliphatic heterocycles. The van der Waals surface area contributed by atoms with E-state index >= 15 is 0 Å². The fraction of sp³-hybridized carbons (Fsp3) is 0.385. The maximum atomic E-state index is 5.45. The minimum absolute atomic E-state index is 0.565. The van der Waals surface area contributed by atoms with Crippen molar-refractivity contribution >= 4 is 28.9 Å². The van der Waals surface area contributed by atoms with E-state index in [1.807, 2.05) is 42.5 Å². The van der Waals surface area contributed by atoms with Gasteiger partial charge in [-0.3, -0.25) is 0 Å². The van der Waals surface area contributed by atoms with Crippen LogP contribution >= 0.6 is 0 Å². The Balaban J connectivity index is 1.84. The van der Waals surface area contributed by atoms with Crippen LogP contribution in [-0.2, 0) is 0 Å². The SMILES string of the molecule is CCN(CC)CCCNc1nc(/C=C/c2cc(OC)c(OC)c(OC)c2)nc2ccccc12. The van der Waals surface area contributed by atoms with Gasteiger partial charge in [0.15, 0.2) is 17.3 Å². The fourth-order valence-corrected chi connectivity index (χ4v) is 3.72. The number of para-hydroxylation sites is 1. The number of aromatic nitrogens is 2. The Morgan fingerprint density at radius 2 is 1.61 bits per heavy atom. The molecule has 1 heterocycles. The van der Waals surface area contributed by atoms with Gasteiger partial charge in [-0.05, 0) is 62.0 Å². The van der Waals surface area contributed by atoms with Gasteiger partial charge in [0.2, 0.25) is 5.75 Å². The van der Waals surface area contributed by atoms with Crippen LogP contribution in [0.4, 0.5) is 5.82 Å². The molecule has 0 saturated carbocycles. The molecule has 0 aliphatic carbocycles. The molecule has 7 heteroatoms. The summed E-state index contributed by atoms with van der Waals surface area (Å²) in [7, 11) is 4.81. The van der Waals surface area contributed by atoms with Crippen LogP contribution in [0.15, 0.2) is 36.4 Å². The number of fused-ring (bicyclic) bond motifs is 1. The predicted octanol–water partition coefficient (Wildman–Crippen LogP) is 4.97. The molecule has 0 saturated heterocycles. The second kappa shape index (κ2) is 12.1. The van der Waals surface area contributed by atoms with Crippen LogP contribution in [0.2, 0.25) is 0 Å². The maximum Gasteiger partial charge on any atom is 0.203 e. The molecule has 0 radical (unpaired) electrons. The number of nitrogens with zero attached hydrogens (tertiary/aromatic N) is 3. The van der Waals surface area contributed by atoms with Crippen LogP contribution in [0.25, 0.3) is 23.1 Å². The van der Waals surface area contributed by atoms with Gasteiger partial charge in [-0.25, -0.2) is 9.97 Å². The van der Waals surface area contributed by atoms with Crippen LogP contribution < -0.4 is 19.5 Å². The molecule has 3 aromatic rings. The lowest BCUT2D eigenvalue weighted by atomic mass is 10.1. The minimum Gasteiger partial charge on any atom is -0.493 e. The van der Waals surface area contributed by atoms with Crippen LogP contribution in [0.5, 0.6) is 17.2 Å². The summed E-state index contributed by atoms with van der Waals surface area (Å²) in [6.45, 7) is 8.46. The lowest BCUT2D eigenvalue weighted by Gasteiger charge is -2.18. The van der Waals surface area contributed by atoms with Gasteiger partial charge >= 0.3 is 0 Å². The second-order valence-electron chi connectivity index (χ2n) is 7.55. The summed E-state index contributed by atoms with van der Waals surface area (Å²) in [4.78, 5) is 11.9. The van der Waals surface area contributed by atoms with Crippen molar-refractivity contribution in [2.75, 3.05) is 52.8 Å². The van der Waals surface area contributed by atoms with Crippen LogP contribution in [-0.4, -0.2) is 62.4 Å². The number of nitrogens with one attached hydrogen (secondary N) is 1. The molecule has 3 rings (SSSR count). The number of anilines is 1. The van der Waals surface area contributed by atoms with Crippen LogP contribution in [0.1, 0.15) is 31.7 Å². The standard InChI is InChI=1S/C26H34N4O3/c1-6-30(7-2)16-10-15-27-26-20-11-8-9-12-21(20)28-24(29-26)14-13-19-17-22(31-3)25(33-5)23(18-19)32-4/h8-9,11-14,17-18H,6-7,10,15-16H2,1-5H3,(H,27,28,29)/b14-13+. The quantitative estimate of drug-likeness (QED) is 0.391. The Labute approximate surface area is 196 Å². The van der Waals surface area contributed by atoms with Crippen LogP contribution in [0.3, 0.4) is 0 Å². The molecule has 2 aromatic carbocycles. The largest absolute Gasteiger partial charge is 0.493 e. The topological polar surface area (TPSA) is 68.7 Å². The monoisotopic (exact) mass is 450 g/mol. The van der Waals surface area contributed by atoms with Gasteiger partial charge < -0.3 is 24.4 Å². The third-order valence-electron chi connectivity index (χ3n) is 5.57. The van der Waals surface area contributed by atoms with Gasteiger partial charge in [0.25, 0.3) is 0 Å². The van der Waals surface area contributed by atoms with Crippen molar-refractivity contribution in [1.29, 1.82) is 0 Å². The number of hydrogen-bond acceptors (Lipinski definition) is 7. The Hall–Kier alpha value is -3.32. The number of ether oxygens (including phenoxy) is 3. The first-order chi connectivity index (χ1) is 16.1. The van der Waals surface area contributed by atoms with E-state index in [2.05, 4.69) is 30.1 Å². The van der Waals surface area contributed by atoms with Gasteiger partial charge in [-0.2, -0.15) is 0 Å². The van der Waals surface area contributed by atoms with E-state index in [1.54, 1.807) is 21.3 Å². The van der Waals surface area contributed by atoms with Crippen molar-refractivity contribution in [3.63, 3.8) is 0 Å². The Morgan fingerprint density at radius 1 is 0.909 bits per heavy atom. The van der Waals surface area contributed by atoms with Gasteiger partial charge in [0.05, 0.1) is 26.8 Å². The number of benzene rings is 2. The van der Waals surface area contributed by atoms with Crippen molar-refractivity contribution in [3.8, 4) is 17.2 Å². The Morgan fingerprint density at radius 3 is 2.24 bits per heavy atom. The summed E-state index contributed by atoms with van der Waals surface area (Å²) in [5.41, 5.74) is 1.80. The average molecular weight is 451 g/mol. The molecule has 0 spiro atoms. The zero-order valence-electron chi connectivity index (χ0n) is 20.2. The third-order valence-corrected chi connectivity index (χ3v) is 5.57. The lowest BCUT2D eigenvalue weighted by Crippen LogP contribution is -2.25. The van der Waals surface area contributed by atoms with Gasteiger partial charge in [0.1, 0.15) is 5.82 Å². The molecule has 1 N–H and O–H groups in total. The molecule has 0 unspecified atom stereocenters. The smallest absolute Gasteiger partial charge is 0.203 e. The van der Waals surface area contributed by atoms with Gasteiger partial charge in [0, 0.05) is 11.9 Å². The molecule has 0 fully saturated rings. The fourth-order valence-electron chi connectivity index (χ4n) is 3.72. The molecule has 7 nitrogen and oxygen atoms in total. The third kappa shape index (κ3) is 6.14. The molecule has 1 aromatic heterocycles. The van der Waals surface area contributed by atoms with E-state index in [0.717, 1.165) is 54.9 Å². The summed E-state index contributed by atoms with van der Waals surface area (Å²) in [5.74, 6) is 3.26.